The molecule has 1 atom stereocenters. The van der Waals surface area contributed by atoms with Crippen molar-refractivity contribution in [2.24, 2.45) is 0 Å². The average Bonchev–Trinajstić information content (AvgIpc) is 2.24. The van der Waals surface area contributed by atoms with Crippen molar-refractivity contribution in [2.75, 3.05) is 13.2 Å². The zero-order valence-electron chi connectivity index (χ0n) is 8.86. The SMILES string of the molecule is CC(O)Cc1c(F)c(O)cc2c1OCCO2. The molecule has 1 aromatic carbocycles. The van der Waals surface area contributed by atoms with Gasteiger partial charge in [-0.05, 0) is 6.92 Å². The molecule has 1 aliphatic heterocycles. The number of fused-ring (bicyclic) bond motifs is 1. The summed E-state index contributed by atoms with van der Waals surface area (Å²) in [6, 6.07) is 1.19. The van der Waals surface area contributed by atoms with E-state index in [0.29, 0.717) is 19.0 Å². The molecule has 1 heterocycles. The van der Waals surface area contributed by atoms with Crippen molar-refractivity contribution in [3.8, 4) is 17.2 Å². The highest BCUT2D eigenvalue weighted by Gasteiger charge is 2.23. The maximum absolute atomic E-state index is 13.7. The summed E-state index contributed by atoms with van der Waals surface area (Å²) in [5, 5.41) is 18.7. The largest absolute Gasteiger partial charge is 0.505 e. The minimum absolute atomic E-state index is 0.0753. The predicted octanol–water partition coefficient (Wildman–Crippen LogP) is 1.23. The minimum atomic E-state index is -0.759. The Labute approximate surface area is 92.2 Å². The van der Waals surface area contributed by atoms with Gasteiger partial charge in [0.25, 0.3) is 0 Å². The van der Waals surface area contributed by atoms with Gasteiger partial charge < -0.3 is 19.7 Å². The van der Waals surface area contributed by atoms with Crippen LogP contribution in [0, 0.1) is 5.82 Å². The van der Waals surface area contributed by atoms with Crippen LogP contribution in [-0.4, -0.2) is 29.5 Å². The summed E-state index contributed by atoms with van der Waals surface area (Å²) in [5.41, 5.74) is 0.157. The molecule has 16 heavy (non-hydrogen) atoms. The van der Waals surface area contributed by atoms with E-state index in [2.05, 4.69) is 0 Å². The van der Waals surface area contributed by atoms with Crippen molar-refractivity contribution in [1.29, 1.82) is 0 Å². The van der Waals surface area contributed by atoms with Crippen LogP contribution in [0.2, 0.25) is 0 Å². The standard InChI is InChI=1S/C11H13FO4/c1-6(13)4-7-10(12)8(14)5-9-11(7)16-3-2-15-9/h5-6,13-14H,2-4H2,1H3. The summed E-state index contributed by atoms with van der Waals surface area (Å²) in [4.78, 5) is 0. The highest BCUT2D eigenvalue weighted by Crippen LogP contribution is 2.40. The van der Waals surface area contributed by atoms with E-state index in [-0.39, 0.29) is 17.7 Å². The number of aliphatic hydroxyl groups excluding tert-OH is 1. The lowest BCUT2D eigenvalue weighted by molar-refractivity contribution is 0.160. The summed E-state index contributed by atoms with van der Waals surface area (Å²) in [7, 11) is 0. The number of benzene rings is 1. The molecule has 2 N–H and O–H groups in total. The predicted molar refractivity (Wildman–Crippen MR) is 54.4 cm³/mol. The fourth-order valence-electron chi connectivity index (χ4n) is 1.69. The number of halogens is 1. The van der Waals surface area contributed by atoms with Gasteiger partial charge in [-0.2, -0.15) is 0 Å². The van der Waals surface area contributed by atoms with E-state index in [1.165, 1.54) is 6.07 Å². The third kappa shape index (κ3) is 1.90. The molecule has 2 rings (SSSR count). The fourth-order valence-corrected chi connectivity index (χ4v) is 1.69. The molecule has 0 saturated heterocycles. The molecule has 1 unspecified atom stereocenters. The van der Waals surface area contributed by atoms with E-state index < -0.39 is 17.7 Å². The van der Waals surface area contributed by atoms with Crippen molar-refractivity contribution in [3.05, 3.63) is 17.4 Å². The third-order valence-electron chi connectivity index (χ3n) is 2.34. The first-order valence-electron chi connectivity index (χ1n) is 5.07. The highest BCUT2D eigenvalue weighted by molar-refractivity contribution is 5.53. The van der Waals surface area contributed by atoms with Gasteiger partial charge in [-0.25, -0.2) is 4.39 Å². The molecule has 1 aliphatic rings. The van der Waals surface area contributed by atoms with E-state index in [4.69, 9.17) is 9.47 Å². The molecule has 4 nitrogen and oxygen atoms in total. The monoisotopic (exact) mass is 228 g/mol. The molecule has 5 heteroatoms. The molecule has 0 aliphatic carbocycles. The number of ether oxygens (including phenoxy) is 2. The molecule has 1 aromatic rings. The van der Waals surface area contributed by atoms with Crippen molar-refractivity contribution in [1.82, 2.24) is 0 Å². The normalized spacial score (nSPS) is 15.9. The summed E-state index contributed by atoms with van der Waals surface area (Å²) in [5.74, 6) is -0.645. The van der Waals surface area contributed by atoms with Gasteiger partial charge in [-0.3, -0.25) is 0 Å². The van der Waals surface area contributed by atoms with Crippen LogP contribution in [0.3, 0.4) is 0 Å². The van der Waals surface area contributed by atoms with Gasteiger partial charge in [0.1, 0.15) is 13.2 Å². The lowest BCUT2D eigenvalue weighted by Gasteiger charge is -2.22. The van der Waals surface area contributed by atoms with Gasteiger partial charge in [-0.15, -0.1) is 0 Å². The maximum atomic E-state index is 13.7. The molecule has 0 saturated carbocycles. The first-order valence-corrected chi connectivity index (χ1v) is 5.07. The van der Waals surface area contributed by atoms with Crippen molar-refractivity contribution >= 4 is 0 Å². The Morgan fingerprint density at radius 2 is 2.12 bits per heavy atom. The summed E-state index contributed by atoms with van der Waals surface area (Å²) < 4.78 is 24.2. The van der Waals surface area contributed by atoms with Crippen LogP contribution in [0.25, 0.3) is 0 Å². The van der Waals surface area contributed by atoms with Crippen LogP contribution in [0.4, 0.5) is 4.39 Å². The Kier molecular flexibility index (Phi) is 2.87. The highest BCUT2D eigenvalue weighted by atomic mass is 19.1. The van der Waals surface area contributed by atoms with Crippen LogP contribution in [-0.2, 0) is 6.42 Å². The van der Waals surface area contributed by atoms with E-state index in [1.54, 1.807) is 6.92 Å². The van der Waals surface area contributed by atoms with Gasteiger partial charge in [0.2, 0.25) is 0 Å². The Morgan fingerprint density at radius 3 is 2.81 bits per heavy atom. The zero-order chi connectivity index (χ0) is 11.7. The van der Waals surface area contributed by atoms with Crippen LogP contribution in [0.15, 0.2) is 6.07 Å². The Morgan fingerprint density at radius 1 is 1.44 bits per heavy atom. The number of hydrogen-bond donors (Lipinski definition) is 2. The lowest BCUT2D eigenvalue weighted by atomic mass is 10.1. The number of rotatable bonds is 2. The Bertz CT molecular complexity index is 403. The van der Waals surface area contributed by atoms with E-state index in [1.807, 2.05) is 0 Å². The van der Waals surface area contributed by atoms with Crippen molar-refractivity contribution in [3.63, 3.8) is 0 Å². The van der Waals surface area contributed by atoms with Crippen LogP contribution >= 0.6 is 0 Å². The van der Waals surface area contributed by atoms with Crippen LogP contribution in [0.1, 0.15) is 12.5 Å². The molecule has 0 radical (unpaired) electrons. The molecule has 0 amide bonds. The Hall–Kier alpha value is -1.49. The van der Waals surface area contributed by atoms with Crippen LogP contribution < -0.4 is 9.47 Å². The van der Waals surface area contributed by atoms with E-state index in [0.717, 1.165) is 0 Å². The van der Waals surface area contributed by atoms with Gasteiger partial charge >= 0.3 is 0 Å². The Balaban J connectivity index is 2.50. The van der Waals surface area contributed by atoms with E-state index >= 15 is 0 Å². The lowest BCUT2D eigenvalue weighted by Crippen LogP contribution is -2.18. The topological polar surface area (TPSA) is 58.9 Å². The quantitative estimate of drug-likeness (QED) is 0.799. The number of aromatic hydroxyl groups is 1. The van der Waals surface area contributed by atoms with Crippen LogP contribution in [0.5, 0.6) is 17.2 Å². The smallest absolute Gasteiger partial charge is 0.172 e. The average molecular weight is 228 g/mol. The maximum Gasteiger partial charge on any atom is 0.172 e. The first-order chi connectivity index (χ1) is 7.59. The van der Waals surface area contributed by atoms with Gasteiger partial charge in [0.05, 0.1) is 6.10 Å². The second-order valence-corrected chi connectivity index (χ2v) is 3.77. The summed E-state index contributed by atoms with van der Waals surface area (Å²) >= 11 is 0. The molecular formula is C11H13FO4. The number of aliphatic hydroxyl groups is 1. The first kappa shape index (κ1) is 11.0. The van der Waals surface area contributed by atoms with Crippen molar-refractivity contribution < 1.29 is 24.1 Å². The second kappa shape index (κ2) is 4.17. The number of hydrogen-bond acceptors (Lipinski definition) is 4. The summed E-state index contributed by atoms with van der Waals surface area (Å²) in [6.07, 6.45) is -0.641. The van der Waals surface area contributed by atoms with Crippen molar-refractivity contribution in [2.45, 2.75) is 19.4 Å². The molecule has 88 valence electrons. The number of phenolic OH excluding ortho intramolecular Hbond substituents is 1. The third-order valence-corrected chi connectivity index (χ3v) is 2.34. The molecular weight excluding hydrogens is 215 g/mol. The molecule has 0 spiro atoms. The van der Waals surface area contributed by atoms with Gasteiger partial charge in [0.15, 0.2) is 23.1 Å². The molecule has 0 aromatic heterocycles. The fraction of sp³-hybridized carbons (Fsp3) is 0.455. The number of phenols is 1. The minimum Gasteiger partial charge on any atom is -0.505 e. The second-order valence-electron chi connectivity index (χ2n) is 3.77. The zero-order valence-corrected chi connectivity index (χ0v) is 8.86. The van der Waals surface area contributed by atoms with E-state index in [9.17, 15) is 14.6 Å². The van der Waals surface area contributed by atoms with Gasteiger partial charge in [0, 0.05) is 18.1 Å². The molecule has 0 fully saturated rings. The van der Waals surface area contributed by atoms with Gasteiger partial charge in [-0.1, -0.05) is 0 Å². The summed E-state index contributed by atoms with van der Waals surface area (Å²) in [6.45, 7) is 2.25. The molecule has 0 bridgehead atoms.